The first-order valence-corrected chi connectivity index (χ1v) is 10.2. The lowest BCUT2D eigenvalue weighted by Gasteiger charge is -2.10. The second-order valence-corrected chi connectivity index (χ2v) is 6.93. The van der Waals surface area contributed by atoms with Gasteiger partial charge in [0.2, 0.25) is 0 Å². The first kappa shape index (κ1) is 21.0. The molecular formula is C23H25FN4O3. The van der Waals surface area contributed by atoms with E-state index in [1.54, 1.807) is 6.20 Å². The van der Waals surface area contributed by atoms with Gasteiger partial charge in [-0.05, 0) is 30.3 Å². The molecule has 162 valence electrons. The molecule has 0 aliphatic rings. The molecule has 4 aromatic rings. The average Bonchev–Trinajstić information content (AvgIpc) is 3.08. The number of aromatic nitrogens is 3. The number of nitrogens with one attached hydrogen (secondary N) is 1. The van der Waals surface area contributed by atoms with Crippen molar-refractivity contribution in [3.05, 3.63) is 54.9 Å². The van der Waals surface area contributed by atoms with Gasteiger partial charge in [0.15, 0.2) is 0 Å². The molecule has 0 spiro atoms. The van der Waals surface area contributed by atoms with Crippen LogP contribution in [0, 0.1) is 0 Å². The number of rotatable bonds is 11. The number of halogens is 1. The summed E-state index contributed by atoms with van der Waals surface area (Å²) in [7, 11) is 2.01. The molecule has 0 unspecified atom stereocenters. The van der Waals surface area contributed by atoms with Crippen LogP contribution in [0.3, 0.4) is 0 Å². The van der Waals surface area contributed by atoms with E-state index in [4.69, 9.17) is 19.2 Å². The highest BCUT2D eigenvalue weighted by atomic mass is 18.2. The molecule has 7 nitrogen and oxygen atoms in total. The third-order valence-corrected chi connectivity index (χ3v) is 4.84. The molecule has 8 heteroatoms. The van der Waals surface area contributed by atoms with Crippen molar-refractivity contribution in [2.24, 2.45) is 7.05 Å². The van der Waals surface area contributed by atoms with Gasteiger partial charge in [0.1, 0.15) is 30.5 Å². The minimum atomic E-state index is -0.476. The molecule has 0 saturated heterocycles. The zero-order valence-electron chi connectivity index (χ0n) is 17.4. The van der Waals surface area contributed by atoms with Gasteiger partial charge in [0.05, 0.1) is 31.9 Å². The lowest BCUT2D eigenvalue weighted by molar-refractivity contribution is 0.0325. The summed E-state index contributed by atoms with van der Waals surface area (Å²) >= 11 is 0. The third kappa shape index (κ3) is 5.10. The van der Waals surface area contributed by atoms with Crippen LogP contribution in [0.2, 0.25) is 0 Å². The lowest BCUT2D eigenvalue weighted by atomic mass is 10.2. The Morgan fingerprint density at radius 3 is 2.68 bits per heavy atom. The first-order chi connectivity index (χ1) is 15.3. The minimum absolute atomic E-state index is 0.110. The van der Waals surface area contributed by atoms with E-state index < -0.39 is 6.67 Å². The van der Waals surface area contributed by atoms with Crippen LogP contribution >= 0.6 is 0 Å². The van der Waals surface area contributed by atoms with E-state index in [1.165, 1.54) is 0 Å². The van der Waals surface area contributed by atoms with Crippen molar-refractivity contribution in [3.63, 3.8) is 0 Å². The van der Waals surface area contributed by atoms with Crippen molar-refractivity contribution in [2.45, 2.75) is 0 Å². The van der Waals surface area contributed by atoms with Gasteiger partial charge in [-0.25, -0.2) is 9.37 Å². The number of alkyl halides is 1. The fraction of sp³-hybridized carbons (Fsp3) is 0.304. The zero-order valence-corrected chi connectivity index (χ0v) is 17.4. The van der Waals surface area contributed by atoms with Gasteiger partial charge in [-0.1, -0.05) is 6.07 Å². The van der Waals surface area contributed by atoms with Crippen LogP contribution in [0.25, 0.3) is 21.9 Å². The van der Waals surface area contributed by atoms with Crippen LogP contribution in [-0.2, 0) is 16.5 Å². The highest BCUT2D eigenvalue weighted by Crippen LogP contribution is 2.28. The molecule has 1 aromatic carbocycles. The summed E-state index contributed by atoms with van der Waals surface area (Å²) in [5.74, 6) is 1.49. The van der Waals surface area contributed by atoms with Gasteiger partial charge in [0, 0.05) is 42.0 Å². The summed E-state index contributed by atoms with van der Waals surface area (Å²) in [4.78, 5) is 9.01. The summed E-state index contributed by atoms with van der Waals surface area (Å²) in [5, 5.41) is 5.50. The number of ether oxygens (including phenoxy) is 3. The summed E-state index contributed by atoms with van der Waals surface area (Å²) in [5.41, 5.74) is 2.87. The molecular weight excluding hydrogens is 398 g/mol. The van der Waals surface area contributed by atoms with Gasteiger partial charge >= 0.3 is 0 Å². The summed E-state index contributed by atoms with van der Waals surface area (Å²) < 4.78 is 30.1. The molecule has 0 amide bonds. The van der Waals surface area contributed by atoms with Crippen molar-refractivity contribution in [3.8, 4) is 5.75 Å². The number of hydrogen-bond donors (Lipinski definition) is 1. The predicted octanol–water partition coefficient (Wildman–Crippen LogP) is 4.25. The fourth-order valence-electron chi connectivity index (χ4n) is 3.39. The molecule has 0 radical (unpaired) electrons. The topological polar surface area (TPSA) is 70.4 Å². The molecule has 3 aromatic heterocycles. The minimum Gasteiger partial charge on any atom is -0.491 e. The second-order valence-electron chi connectivity index (χ2n) is 6.93. The molecule has 0 saturated carbocycles. The zero-order chi connectivity index (χ0) is 21.5. The summed E-state index contributed by atoms with van der Waals surface area (Å²) in [6.45, 7) is 1.29. The third-order valence-electron chi connectivity index (χ3n) is 4.84. The molecule has 0 aliphatic carbocycles. The van der Waals surface area contributed by atoms with E-state index in [2.05, 4.69) is 20.9 Å². The van der Waals surface area contributed by atoms with E-state index in [-0.39, 0.29) is 6.61 Å². The predicted molar refractivity (Wildman–Crippen MR) is 119 cm³/mol. The molecule has 1 N–H and O–H groups in total. The van der Waals surface area contributed by atoms with Crippen molar-refractivity contribution < 1.29 is 18.6 Å². The Kier molecular flexibility index (Phi) is 6.91. The van der Waals surface area contributed by atoms with E-state index in [0.717, 1.165) is 39.2 Å². The van der Waals surface area contributed by atoms with Crippen LogP contribution in [0.15, 0.2) is 54.9 Å². The maximum Gasteiger partial charge on any atom is 0.143 e. The maximum atomic E-state index is 11.9. The fourth-order valence-corrected chi connectivity index (χ4v) is 3.39. The number of aryl methyl sites for hydroxylation is 1. The van der Waals surface area contributed by atoms with Crippen LogP contribution < -0.4 is 10.1 Å². The number of nitrogens with zero attached hydrogens (tertiary/aromatic N) is 3. The number of pyridine rings is 2. The molecule has 0 bridgehead atoms. The van der Waals surface area contributed by atoms with E-state index in [0.29, 0.717) is 26.4 Å². The van der Waals surface area contributed by atoms with Gasteiger partial charge in [0.25, 0.3) is 0 Å². The van der Waals surface area contributed by atoms with Crippen LogP contribution in [0.1, 0.15) is 0 Å². The largest absolute Gasteiger partial charge is 0.491 e. The lowest BCUT2D eigenvalue weighted by Crippen LogP contribution is -2.11. The Hall–Kier alpha value is -3.23. The first-order valence-electron chi connectivity index (χ1n) is 10.2. The van der Waals surface area contributed by atoms with Crippen molar-refractivity contribution >= 4 is 33.4 Å². The average molecular weight is 423 g/mol. The van der Waals surface area contributed by atoms with Crippen LogP contribution in [0.5, 0.6) is 5.75 Å². The molecule has 31 heavy (non-hydrogen) atoms. The second kappa shape index (κ2) is 10.2. The Morgan fingerprint density at radius 1 is 0.968 bits per heavy atom. The quantitative estimate of drug-likeness (QED) is 0.364. The molecule has 4 rings (SSSR count). The monoisotopic (exact) mass is 423 g/mol. The molecule has 0 aliphatic heterocycles. The number of hydrogen-bond acceptors (Lipinski definition) is 6. The number of fused-ring (bicyclic) bond motifs is 3. The van der Waals surface area contributed by atoms with Crippen molar-refractivity contribution in [1.29, 1.82) is 0 Å². The SMILES string of the molecule is Cn1c2ccncc2c2ccc(Nc3cccc(OCCOCCOCC[18F])c3)nc21. The summed E-state index contributed by atoms with van der Waals surface area (Å²) in [6, 6.07) is 13.7. The highest BCUT2D eigenvalue weighted by Gasteiger charge is 2.10. The van der Waals surface area contributed by atoms with Gasteiger partial charge < -0.3 is 24.1 Å². The van der Waals surface area contributed by atoms with Gasteiger partial charge in [-0.3, -0.25) is 4.98 Å². The van der Waals surface area contributed by atoms with Crippen LogP contribution in [-0.4, -0.2) is 54.2 Å². The highest BCUT2D eigenvalue weighted by molar-refractivity contribution is 6.06. The Bertz CT molecular complexity index is 1150. The Morgan fingerprint density at radius 2 is 1.81 bits per heavy atom. The standard InChI is InChI=1S/C23H25FN4O3/c1-28-21-7-9-25-16-20(21)19-5-6-22(27-23(19)28)26-17-3-2-4-18(15-17)31-14-13-30-12-11-29-10-8-24/h2-7,9,15-16H,8,10-14H2,1H3,(H,26,27)/i24-1. The van der Waals surface area contributed by atoms with Gasteiger partial charge in [-0.2, -0.15) is 0 Å². The smallest absolute Gasteiger partial charge is 0.143 e. The van der Waals surface area contributed by atoms with E-state index in [9.17, 15) is 4.39 Å². The Balaban J connectivity index is 1.36. The van der Waals surface area contributed by atoms with Crippen LogP contribution in [0.4, 0.5) is 15.9 Å². The van der Waals surface area contributed by atoms with E-state index in [1.807, 2.05) is 49.6 Å². The maximum absolute atomic E-state index is 11.9. The van der Waals surface area contributed by atoms with E-state index >= 15 is 0 Å². The Labute approximate surface area is 179 Å². The normalized spacial score (nSPS) is 11.3. The summed E-state index contributed by atoms with van der Waals surface area (Å²) in [6.07, 6.45) is 3.66. The number of anilines is 2. The van der Waals surface area contributed by atoms with Crippen molar-refractivity contribution in [2.75, 3.05) is 45.0 Å². The number of benzene rings is 1. The molecule has 0 fully saturated rings. The molecule has 0 atom stereocenters. The van der Waals surface area contributed by atoms with Gasteiger partial charge in [-0.15, -0.1) is 0 Å². The molecule has 3 heterocycles. The van der Waals surface area contributed by atoms with Crippen molar-refractivity contribution in [1.82, 2.24) is 14.5 Å².